The molecule has 4 rings (SSSR count). The van der Waals surface area contributed by atoms with Crippen LogP contribution in [0.5, 0.6) is 17.2 Å². The number of aromatic nitrogens is 2. The van der Waals surface area contributed by atoms with Crippen LogP contribution in [0.3, 0.4) is 0 Å². The Labute approximate surface area is 210 Å². The fourth-order valence-corrected chi connectivity index (χ4v) is 4.69. The minimum atomic E-state index is 0.519. The van der Waals surface area contributed by atoms with Gasteiger partial charge in [-0.1, -0.05) is 28.1 Å². The molecule has 0 saturated heterocycles. The Morgan fingerprint density at radius 2 is 1.88 bits per heavy atom. The quantitative estimate of drug-likeness (QED) is 0.225. The number of rotatable bonds is 8. The van der Waals surface area contributed by atoms with Crippen molar-refractivity contribution in [3.05, 3.63) is 68.9 Å². The van der Waals surface area contributed by atoms with Crippen molar-refractivity contribution in [2.24, 2.45) is 10.1 Å². The summed E-state index contributed by atoms with van der Waals surface area (Å²) >= 11 is 5.06. The summed E-state index contributed by atoms with van der Waals surface area (Å²) in [7, 11) is 4.79. The highest BCUT2D eigenvalue weighted by Crippen LogP contribution is 2.41. The Hall–Kier alpha value is -3.30. The summed E-state index contributed by atoms with van der Waals surface area (Å²) in [5, 5.41) is 7.91. The summed E-state index contributed by atoms with van der Waals surface area (Å²) in [6.07, 6.45) is 3.77. The molecule has 176 valence electrons. The minimum Gasteiger partial charge on any atom is -0.493 e. The third kappa shape index (κ3) is 4.80. The van der Waals surface area contributed by atoms with Gasteiger partial charge in [-0.3, -0.25) is 4.99 Å². The van der Waals surface area contributed by atoms with E-state index in [-0.39, 0.29) is 0 Å². The summed E-state index contributed by atoms with van der Waals surface area (Å²) in [6, 6.07) is 9.91. The first-order chi connectivity index (χ1) is 16.4. The number of nitrogens with zero attached hydrogens (tertiary/aromatic N) is 3. The standard InChI is InChI=1S/C25H25BrN4O3S/c1-15(2)11-28-25-30(29-13-17-12-27-20-7-6-18(26)10-19(17)20)21(14-34-25)16-8-22(31-3)24(33-5)23(9-16)32-4/h6-10,12-14,27H,1,11H2,2-5H3. The highest BCUT2D eigenvalue weighted by molar-refractivity contribution is 9.10. The largest absolute Gasteiger partial charge is 0.493 e. The lowest BCUT2D eigenvalue weighted by Crippen LogP contribution is -2.13. The number of hydrogen-bond donors (Lipinski definition) is 1. The van der Waals surface area contributed by atoms with Crippen LogP contribution in [0.15, 0.2) is 68.6 Å². The highest BCUT2D eigenvalue weighted by Gasteiger charge is 2.17. The summed E-state index contributed by atoms with van der Waals surface area (Å²) in [5.74, 6) is 1.68. The lowest BCUT2D eigenvalue weighted by molar-refractivity contribution is 0.324. The third-order valence-corrected chi connectivity index (χ3v) is 6.47. The van der Waals surface area contributed by atoms with Crippen LogP contribution in [0.2, 0.25) is 0 Å². The van der Waals surface area contributed by atoms with Gasteiger partial charge in [0.25, 0.3) is 0 Å². The molecule has 2 aromatic carbocycles. The van der Waals surface area contributed by atoms with E-state index in [2.05, 4.69) is 33.6 Å². The molecule has 0 fully saturated rings. The molecule has 0 atom stereocenters. The second-order valence-corrected chi connectivity index (χ2v) is 9.33. The van der Waals surface area contributed by atoms with E-state index in [1.165, 1.54) is 11.3 Å². The smallest absolute Gasteiger partial charge is 0.206 e. The second-order valence-electron chi connectivity index (χ2n) is 7.58. The fraction of sp³-hybridized carbons (Fsp3) is 0.200. The van der Waals surface area contributed by atoms with E-state index in [1.54, 1.807) is 21.3 Å². The molecule has 0 aliphatic rings. The molecule has 0 unspecified atom stereocenters. The lowest BCUT2D eigenvalue weighted by Gasteiger charge is -2.14. The van der Waals surface area contributed by atoms with Crippen molar-refractivity contribution in [1.82, 2.24) is 9.66 Å². The third-order valence-electron chi connectivity index (χ3n) is 5.12. The predicted molar refractivity (Wildman–Crippen MR) is 142 cm³/mol. The number of thiazole rings is 1. The summed E-state index contributed by atoms with van der Waals surface area (Å²) in [6.45, 7) is 6.44. The first-order valence-corrected chi connectivity index (χ1v) is 12.1. The Morgan fingerprint density at radius 3 is 2.53 bits per heavy atom. The van der Waals surface area contributed by atoms with Crippen LogP contribution < -0.4 is 19.0 Å². The van der Waals surface area contributed by atoms with Gasteiger partial charge in [0.15, 0.2) is 11.5 Å². The van der Waals surface area contributed by atoms with Crippen molar-refractivity contribution in [2.75, 3.05) is 27.9 Å². The lowest BCUT2D eigenvalue weighted by atomic mass is 10.1. The number of hydrogen-bond acceptors (Lipinski definition) is 6. The molecule has 4 aromatic rings. The van der Waals surface area contributed by atoms with E-state index in [4.69, 9.17) is 24.3 Å². The zero-order valence-corrected chi connectivity index (χ0v) is 21.8. The number of ether oxygens (including phenoxy) is 3. The van der Waals surface area contributed by atoms with Crippen molar-refractivity contribution in [3.63, 3.8) is 0 Å². The number of fused-ring (bicyclic) bond motifs is 1. The van der Waals surface area contributed by atoms with E-state index < -0.39 is 0 Å². The molecule has 0 radical (unpaired) electrons. The van der Waals surface area contributed by atoms with Crippen LogP contribution in [0.25, 0.3) is 22.2 Å². The Kier molecular flexibility index (Phi) is 7.23. The molecule has 0 bridgehead atoms. The summed E-state index contributed by atoms with van der Waals surface area (Å²) in [4.78, 5) is 8.76. The fourth-order valence-electron chi connectivity index (χ4n) is 3.49. The van der Waals surface area contributed by atoms with Crippen LogP contribution in [-0.2, 0) is 0 Å². The predicted octanol–water partition coefficient (Wildman–Crippen LogP) is 5.85. The van der Waals surface area contributed by atoms with Gasteiger partial charge < -0.3 is 19.2 Å². The number of benzene rings is 2. The number of aromatic amines is 1. The van der Waals surface area contributed by atoms with Crippen molar-refractivity contribution in [1.29, 1.82) is 0 Å². The van der Waals surface area contributed by atoms with E-state index >= 15 is 0 Å². The SMILES string of the molecule is C=C(C)CN=c1scc(-c2cc(OC)c(OC)c(OC)c2)n1N=Cc1c[nH]c2ccc(Br)cc12. The van der Waals surface area contributed by atoms with Crippen molar-refractivity contribution in [3.8, 4) is 28.5 Å². The van der Waals surface area contributed by atoms with E-state index in [1.807, 2.05) is 53.7 Å². The molecule has 34 heavy (non-hydrogen) atoms. The number of nitrogens with one attached hydrogen (secondary N) is 1. The molecule has 0 aliphatic carbocycles. The van der Waals surface area contributed by atoms with Crippen LogP contribution >= 0.6 is 27.3 Å². The first kappa shape index (κ1) is 23.8. The van der Waals surface area contributed by atoms with E-state index in [0.717, 1.165) is 42.6 Å². The number of halogens is 1. The zero-order chi connectivity index (χ0) is 24.2. The second kappa shape index (κ2) is 10.3. The van der Waals surface area contributed by atoms with Crippen molar-refractivity contribution >= 4 is 44.4 Å². The van der Waals surface area contributed by atoms with Gasteiger partial charge in [0, 0.05) is 38.1 Å². The van der Waals surface area contributed by atoms with Gasteiger partial charge in [-0.2, -0.15) is 5.10 Å². The van der Waals surface area contributed by atoms with Gasteiger partial charge in [-0.25, -0.2) is 4.68 Å². The molecular formula is C25H25BrN4O3S. The monoisotopic (exact) mass is 540 g/mol. The number of methoxy groups -OCH3 is 3. The molecular weight excluding hydrogens is 516 g/mol. The van der Waals surface area contributed by atoms with Crippen LogP contribution in [0, 0.1) is 0 Å². The Morgan fingerprint density at radius 1 is 1.15 bits per heavy atom. The van der Waals surface area contributed by atoms with Gasteiger partial charge in [-0.15, -0.1) is 11.3 Å². The molecule has 2 heterocycles. The molecule has 0 amide bonds. The van der Waals surface area contributed by atoms with Crippen LogP contribution in [-0.4, -0.2) is 43.7 Å². The number of H-pyrrole nitrogens is 1. The van der Waals surface area contributed by atoms with E-state index in [0.29, 0.717) is 23.8 Å². The average Bonchev–Trinajstić information content (AvgIpc) is 3.43. The van der Waals surface area contributed by atoms with Gasteiger partial charge in [0.1, 0.15) is 0 Å². The molecule has 2 aromatic heterocycles. The van der Waals surface area contributed by atoms with Crippen molar-refractivity contribution < 1.29 is 14.2 Å². The zero-order valence-electron chi connectivity index (χ0n) is 19.4. The van der Waals surface area contributed by atoms with Crippen LogP contribution in [0.4, 0.5) is 0 Å². The Bertz CT molecular complexity index is 1420. The topological polar surface area (TPSA) is 73.1 Å². The minimum absolute atomic E-state index is 0.519. The maximum Gasteiger partial charge on any atom is 0.206 e. The molecule has 7 nitrogen and oxygen atoms in total. The van der Waals surface area contributed by atoms with Gasteiger partial charge in [-0.05, 0) is 37.3 Å². The average molecular weight is 541 g/mol. The van der Waals surface area contributed by atoms with E-state index in [9.17, 15) is 0 Å². The van der Waals surface area contributed by atoms with Gasteiger partial charge >= 0.3 is 0 Å². The molecule has 0 saturated carbocycles. The summed E-state index contributed by atoms with van der Waals surface area (Å²) < 4.78 is 19.4. The maximum absolute atomic E-state index is 5.55. The molecule has 1 N–H and O–H groups in total. The highest BCUT2D eigenvalue weighted by atomic mass is 79.9. The first-order valence-electron chi connectivity index (χ1n) is 10.4. The maximum atomic E-state index is 5.55. The Balaban J connectivity index is 1.87. The van der Waals surface area contributed by atoms with Gasteiger partial charge in [0.05, 0.1) is 39.8 Å². The molecule has 0 spiro atoms. The van der Waals surface area contributed by atoms with Crippen LogP contribution in [0.1, 0.15) is 12.5 Å². The normalized spacial score (nSPS) is 12.0. The summed E-state index contributed by atoms with van der Waals surface area (Å²) in [5.41, 5.74) is 4.69. The van der Waals surface area contributed by atoms with Gasteiger partial charge in [0.2, 0.25) is 10.6 Å². The van der Waals surface area contributed by atoms with Crippen molar-refractivity contribution in [2.45, 2.75) is 6.92 Å². The molecule has 9 heteroatoms. The molecule has 0 aliphatic heterocycles.